The minimum atomic E-state index is -1.02. The van der Waals surface area contributed by atoms with Crippen molar-refractivity contribution in [1.29, 1.82) is 0 Å². The molecule has 0 aliphatic carbocycles. The summed E-state index contributed by atoms with van der Waals surface area (Å²) in [4.78, 5) is 23.4. The zero-order valence-corrected chi connectivity index (χ0v) is 8.49. The maximum Gasteiger partial charge on any atom is 0.323 e. The number of rotatable bonds is 2. The smallest absolute Gasteiger partial charge is 0.323 e. The van der Waals surface area contributed by atoms with Gasteiger partial charge in [0, 0.05) is 12.6 Å². The fourth-order valence-electron chi connectivity index (χ4n) is 1.84. The van der Waals surface area contributed by atoms with E-state index in [1.165, 1.54) is 0 Å². The van der Waals surface area contributed by atoms with Crippen molar-refractivity contribution in [1.82, 2.24) is 10.2 Å². The van der Waals surface area contributed by atoms with Crippen molar-refractivity contribution >= 4 is 12.0 Å². The van der Waals surface area contributed by atoms with Gasteiger partial charge in [0.25, 0.3) is 0 Å². The third-order valence-corrected chi connectivity index (χ3v) is 2.44. The highest BCUT2D eigenvalue weighted by atomic mass is 16.4. The van der Waals surface area contributed by atoms with Gasteiger partial charge in [0.2, 0.25) is 0 Å². The molecule has 2 unspecified atom stereocenters. The molecule has 5 nitrogen and oxygen atoms in total. The van der Waals surface area contributed by atoms with Gasteiger partial charge >= 0.3 is 12.0 Å². The first kappa shape index (κ1) is 10.8. The molecule has 1 aliphatic heterocycles. The van der Waals surface area contributed by atoms with Crippen LogP contribution < -0.4 is 5.32 Å². The highest BCUT2D eigenvalue weighted by Gasteiger charge is 2.29. The van der Waals surface area contributed by atoms with Crippen LogP contribution in [0.3, 0.4) is 0 Å². The first-order valence-electron chi connectivity index (χ1n) is 4.77. The van der Waals surface area contributed by atoms with Gasteiger partial charge in [0.15, 0.2) is 0 Å². The Morgan fingerprint density at radius 3 is 2.57 bits per heavy atom. The Bertz CT molecular complexity index is 242. The van der Waals surface area contributed by atoms with Crippen LogP contribution in [0.15, 0.2) is 0 Å². The summed E-state index contributed by atoms with van der Waals surface area (Å²) in [7, 11) is 0. The Hall–Kier alpha value is -1.26. The van der Waals surface area contributed by atoms with Crippen LogP contribution in [0.1, 0.15) is 20.3 Å². The summed E-state index contributed by atoms with van der Waals surface area (Å²) in [5, 5.41) is 10.8. The first-order chi connectivity index (χ1) is 6.50. The van der Waals surface area contributed by atoms with Crippen LogP contribution in [0.5, 0.6) is 0 Å². The molecule has 2 N–H and O–H groups in total. The fourth-order valence-corrected chi connectivity index (χ4v) is 1.84. The predicted octanol–water partition coefficient (Wildman–Crippen LogP) is 0.511. The van der Waals surface area contributed by atoms with Gasteiger partial charge < -0.3 is 15.3 Å². The number of nitrogens with one attached hydrogen (secondary N) is 1. The Kier molecular flexibility index (Phi) is 3.33. The quantitative estimate of drug-likeness (QED) is 0.682. The number of hydrogen-bond acceptors (Lipinski definition) is 2. The van der Waals surface area contributed by atoms with Crippen LogP contribution in [0.25, 0.3) is 0 Å². The summed E-state index contributed by atoms with van der Waals surface area (Å²) >= 11 is 0. The van der Waals surface area contributed by atoms with Crippen LogP contribution in [-0.4, -0.2) is 41.1 Å². The molecule has 0 radical (unpaired) electrons. The van der Waals surface area contributed by atoms with E-state index in [9.17, 15) is 9.59 Å². The highest BCUT2D eigenvalue weighted by molar-refractivity contribution is 5.80. The summed E-state index contributed by atoms with van der Waals surface area (Å²) in [6.45, 7) is 4.47. The number of carbonyl (C=O) groups excluding carboxylic acids is 1. The number of hydrogen-bond donors (Lipinski definition) is 2. The molecule has 0 spiro atoms. The lowest BCUT2D eigenvalue weighted by Crippen LogP contribution is -2.43. The average molecular weight is 200 g/mol. The second kappa shape index (κ2) is 4.30. The second-order valence-corrected chi connectivity index (χ2v) is 3.89. The zero-order chi connectivity index (χ0) is 10.7. The zero-order valence-electron chi connectivity index (χ0n) is 8.49. The van der Waals surface area contributed by atoms with Crippen molar-refractivity contribution < 1.29 is 14.7 Å². The van der Waals surface area contributed by atoms with E-state index < -0.39 is 5.97 Å². The molecule has 1 saturated heterocycles. The second-order valence-electron chi connectivity index (χ2n) is 3.89. The van der Waals surface area contributed by atoms with E-state index in [0.717, 1.165) is 6.42 Å². The van der Waals surface area contributed by atoms with Crippen LogP contribution in [0.2, 0.25) is 0 Å². The summed E-state index contributed by atoms with van der Waals surface area (Å²) < 4.78 is 0. The van der Waals surface area contributed by atoms with Crippen molar-refractivity contribution in [3.05, 3.63) is 0 Å². The number of nitrogens with zero attached hydrogens (tertiary/aromatic N) is 1. The maximum atomic E-state index is 11.5. The van der Waals surface area contributed by atoms with Gasteiger partial charge in [-0.15, -0.1) is 0 Å². The third kappa shape index (κ3) is 2.61. The molecule has 0 saturated carbocycles. The number of likely N-dealkylation sites (tertiary alicyclic amines) is 1. The highest BCUT2D eigenvalue weighted by Crippen LogP contribution is 2.21. The fraction of sp³-hybridized carbons (Fsp3) is 0.778. The van der Waals surface area contributed by atoms with E-state index >= 15 is 0 Å². The first-order valence-corrected chi connectivity index (χ1v) is 4.77. The summed E-state index contributed by atoms with van der Waals surface area (Å²) in [6.07, 6.45) is 0.987. The van der Waals surface area contributed by atoms with Crippen LogP contribution in [0, 0.1) is 5.92 Å². The van der Waals surface area contributed by atoms with E-state index in [0.29, 0.717) is 12.5 Å². The molecule has 80 valence electrons. The molecule has 5 heteroatoms. The van der Waals surface area contributed by atoms with Gasteiger partial charge in [-0.1, -0.05) is 6.92 Å². The summed E-state index contributed by atoms with van der Waals surface area (Å²) in [5.74, 6) is -0.515. The van der Waals surface area contributed by atoms with E-state index in [1.54, 1.807) is 4.90 Å². The van der Waals surface area contributed by atoms with Gasteiger partial charge in [-0.2, -0.15) is 0 Å². The number of carboxylic acids is 1. The number of aliphatic carboxylic acids is 1. The van der Waals surface area contributed by atoms with Crippen molar-refractivity contribution in [2.45, 2.75) is 26.3 Å². The number of carbonyl (C=O) groups is 2. The molecular weight excluding hydrogens is 184 g/mol. The lowest BCUT2D eigenvalue weighted by molar-refractivity contribution is -0.135. The summed E-state index contributed by atoms with van der Waals surface area (Å²) in [5.41, 5.74) is 0. The molecule has 1 fully saturated rings. The van der Waals surface area contributed by atoms with Crippen LogP contribution >= 0.6 is 0 Å². The van der Waals surface area contributed by atoms with Gasteiger partial charge in [0.05, 0.1) is 0 Å². The van der Waals surface area contributed by atoms with E-state index in [-0.39, 0.29) is 18.6 Å². The average Bonchev–Trinajstić information content (AvgIpc) is 2.41. The van der Waals surface area contributed by atoms with Gasteiger partial charge in [-0.3, -0.25) is 4.79 Å². The Labute approximate surface area is 83.1 Å². The lowest BCUT2D eigenvalue weighted by Gasteiger charge is -2.21. The van der Waals surface area contributed by atoms with E-state index in [2.05, 4.69) is 12.2 Å². The molecule has 2 atom stereocenters. The van der Waals surface area contributed by atoms with Crippen LogP contribution in [-0.2, 0) is 4.79 Å². The maximum absolute atomic E-state index is 11.5. The molecule has 1 aliphatic rings. The molecule has 0 aromatic heterocycles. The van der Waals surface area contributed by atoms with Crippen molar-refractivity contribution in [2.24, 2.45) is 5.92 Å². The SMILES string of the molecule is CC1CC(C)N(C(=O)NCC(=O)O)C1. The minimum Gasteiger partial charge on any atom is -0.480 e. The molecule has 14 heavy (non-hydrogen) atoms. The molecule has 1 heterocycles. The summed E-state index contributed by atoms with van der Waals surface area (Å²) in [6, 6.07) is -0.0666. The van der Waals surface area contributed by atoms with E-state index in [1.807, 2.05) is 6.92 Å². The number of amides is 2. The Balaban J connectivity index is 2.41. The molecular formula is C9H16N2O3. The normalized spacial score (nSPS) is 26.3. The van der Waals surface area contributed by atoms with Crippen molar-refractivity contribution in [2.75, 3.05) is 13.1 Å². The van der Waals surface area contributed by atoms with Gasteiger partial charge in [-0.25, -0.2) is 4.79 Å². The third-order valence-electron chi connectivity index (χ3n) is 2.44. The van der Waals surface area contributed by atoms with Crippen molar-refractivity contribution in [3.8, 4) is 0 Å². The van der Waals surface area contributed by atoms with Gasteiger partial charge in [-0.05, 0) is 19.3 Å². The predicted molar refractivity (Wildman–Crippen MR) is 51.0 cm³/mol. The standard InChI is InChI=1S/C9H16N2O3/c1-6-3-7(2)11(5-6)9(14)10-4-8(12)13/h6-7H,3-5H2,1-2H3,(H,10,14)(H,12,13). The lowest BCUT2D eigenvalue weighted by atomic mass is 10.1. The molecule has 0 aromatic rings. The molecule has 0 aromatic carbocycles. The molecule has 1 rings (SSSR count). The molecule has 2 amide bonds. The van der Waals surface area contributed by atoms with Gasteiger partial charge in [0.1, 0.15) is 6.54 Å². The van der Waals surface area contributed by atoms with E-state index in [4.69, 9.17) is 5.11 Å². The molecule has 0 bridgehead atoms. The number of carboxylic acid groups (broad SMARTS) is 1. The monoisotopic (exact) mass is 200 g/mol. The largest absolute Gasteiger partial charge is 0.480 e. The van der Waals surface area contributed by atoms with Crippen molar-refractivity contribution in [3.63, 3.8) is 0 Å². The minimum absolute atomic E-state index is 0.207. The topological polar surface area (TPSA) is 69.6 Å². The number of urea groups is 1. The van der Waals surface area contributed by atoms with Crippen LogP contribution in [0.4, 0.5) is 4.79 Å². The Morgan fingerprint density at radius 1 is 1.50 bits per heavy atom. The Morgan fingerprint density at radius 2 is 2.14 bits per heavy atom.